The van der Waals surface area contributed by atoms with Crippen LogP contribution in [0.25, 0.3) is 0 Å². The molecule has 1 aromatic heterocycles. The third-order valence-electron chi connectivity index (χ3n) is 2.47. The second-order valence-corrected chi connectivity index (χ2v) is 3.85. The maximum absolute atomic E-state index is 9.45. The van der Waals surface area contributed by atoms with Crippen molar-refractivity contribution in [2.45, 2.75) is 12.8 Å². The van der Waals surface area contributed by atoms with Crippen molar-refractivity contribution in [2.75, 3.05) is 12.3 Å². The Hall–Kier alpha value is -2.30. The molecule has 1 aromatic carbocycles. The Balaban J connectivity index is 1.79. The van der Waals surface area contributed by atoms with Gasteiger partial charge in [0.15, 0.2) is 5.75 Å². The van der Waals surface area contributed by atoms with Gasteiger partial charge in [-0.05, 0) is 18.4 Å². The number of nitrogens with two attached hydrogens (primary N) is 1. The molecule has 2 aromatic rings. The average molecular weight is 245 g/mol. The maximum Gasteiger partial charge on any atom is 0.259 e. The number of nitrogens with zero attached hydrogens (tertiary/aromatic N) is 2. The summed E-state index contributed by atoms with van der Waals surface area (Å²) in [6, 6.07) is 10.2. The van der Waals surface area contributed by atoms with Crippen LogP contribution in [0.3, 0.4) is 0 Å². The Labute approximate surface area is 105 Å². The number of aromatic hydroxyl groups is 1. The molecule has 0 bridgehead atoms. The van der Waals surface area contributed by atoms with E-state index in [4.69, 9.17) is 10.5 Å². The van der Waals surface area contributed by atoms with E-state index in [1.165, 1.54) is 11.8 Å². The van der Waals surface area contributed by atoms with Crippen molar-refractivity contribution in [3.8, 4) is 11.6 Å². The van der Waals surface area contributed by atoms with Crippen molar-refractivity contribution < 1.29 is 9.84 Å². The molecule has 0 saturated carbocycles. The van der Waals surface area contributed by atoms with E-state index in [2.05, 4.69) is 22.1 Å². The number of nitrogen functional groups attached to an aromatic ring is 1. The largest absolute Gasteiger partial charge is 0.491 e. The molecule has 0 radical (unpaired) electrons. The fourth-order valence-electron chi connectivity index (χ4n) is 1.58. The van der Waals surface area contributed by atoms with Crippen LogP contribution < -0.4 is 10.5 Å². The molecule has 2 rings (SSSR count). The summed E-state index contributed by atoms with van der Waals surface area (Å²) in [7, 11) is 0. The molecule has 3 N–H and O–H groups in total. The SMILES string of the molecule is Nc1ncc(OCCCc2ccccc2)c(O)n1. The molecule has 0 unspecified atom stereocenters. The third-order valence-corrected chi connectivity index (χ3v) is 2.47. The number of aromatic nitrogens is 2. The van der Waals surface area contributed by atoms with Gasteiger partial charge >= 0.3 is 0 Å². The van der Waals surface area contributed by atoms with E-state index < -0.39 is 0 Å². The predicted molar refractivity (Wildman–Crippen MR) is 68.4 cm³/mol. The molecule has 0 amide bonds. The third kappa shape index (κ3) is 3.35. The molecule has 0 aliphatic heterocycles. The number of ether oxygens (including phenoxy) is 1. The summed E-state index contributed by atoms with van der Waals surface area (Å²) in [4.78, 5) is 7.37. The molecular formula is C13H15N3O2. The molecule has 0 spiro atoms. The van der Waals surface area contributed by atoms with Gasteiger partial charge < -0.3 is 15.6 Å². The van der Waals surface area contributed by atoms with Crippen LogP contribution >= 0.6 is 0 Å². The molecule has 0 aliphatic carbocycles. The minimum Gasteiger partial charge on any atom is -0.491 e. The van der Waals surface area contributed by atoms with Crippen LogP contribution in [0.5, 0.6) is 11.6 Å². The zero-order valence-electron chi connectivity index (χ0n) is 9.91. The van der Waals surface area contributed by atoms with Crippen molar-refractivity contribution in [1.29, 1.82) is 0 Å². The first-order valence-electron chi connectivity index (χ1n) is 5.74. The number of rotatable bonds is 5. The molecule has 5 nitrogen and oxygen atoms in total. The minimum atomic E-state index is -0.220. The van der Waals surface area contributed by atoms with Gasteiger partial charge in [0.25, 0.3) is 5.88 Å². The van der Waals surface area contributed by atoms with E-state index in [0.717, 1.165) is 12.8 Å². The zero-order valence-corrected chi connectivity index (χ0v) is 9.91. The summed E-state index contributed by atoms with van der Waals surface area (Å²) >= 11 is 0. The van der Waals surface area contributed by atoms with Crippen LogP contribution in [-0.4, -0.2) is 21.7 Å². The lowest BCUT2D eigenvalue weighted by atomic mass is 10.1. The number of hydrogen-bond acceptors (Lipinski definition) is 5. The number of aryl methyl sites for hydroxylation is 1. The van der Waals surface area contributed by atoms with Gasteiger partial charge in [-0.15, -0.1) is 0 Å². The Kier molecular flexibility index (Phi) is 3.96. The van der Waals surface area contributed by atoms with Gasteiger partial charge in [0.1, 0.15) is 0 Å². The normalized spacial score (nSPS) is 10.2. The van der Waals surface area contributed by atoms with Crippen molar-refractivity contribution in [1.82, 2.24) is 9.97 Å². The topological polar surface area (TPSA) is 81.3 Å². The molecule has 1 heterocycles. The first-order chi connectivity index (χ1) is 8.75. The fraction of sp³-hybridized carbons (Fsp3) is 0.231. The molecule has 5 heteroatoms. The van der Waals surface area contributed by atoms with Gasteiger partial charge in [-0.25, -0.2) is 4.98 Å². The highest BCUT2D eigenvalue weighted by atomic mass is 16.5. The Morgan fingerprint density at radius 2 is 2.00 bits per heavy atom. The summed E-state index contributed by atoms with van der Waals surface area (Å²) in [6.07, 6.45) is 3.16. The smallest absolute Gasteiger partial charge is 0.259 e. The van der Waals surface area contributed by atoms with Crippen molar-refractivity contribution in [3.63, 3.8) is 0 Å². The van der Waals surface area contributed by atoms with Crippen LogP contribution in [0.1, 0.15) is 12.0 Å². The Morgan fingerprint density at radius 3 is 2.72 bits per heavy atom. The number of benzene rings is 1. The van der Waals surface area contributed by atoms with Gasteiger partial charge in [-0.1, -0.05) is 30.3 Å². The van der Waals surface area contributed by atoms with Gasteiger partial charge in [-0.3, -0.25) is 0 Å². The standard InChI is InChI=1S/C13H15N3O2/c14-13-15-9-11(12(17)16-13)18-8-4-7-10-5-2-1-3-6-10/h1-3,5-6,9H,4,7-8H2,(H3,14,15,16,17). The van der Waals surface area contributed by atoms with E-state index in [1.54, 1.807) is 0 Å². The quantitative estimate of drug-likeness (QED) is 0.785. The minimum absolute atomic E-state index is 0.0316. The Morgan fingerprint density at radius 1 is 1.22 bits per heavy atom. The second kappa shape index (κ2) is 5.86. The molecule has 0 aliphatic rings. The molecule has 0 fully saturated rings. The highest BCUT2D eigenvalue weighted by Gasteiger charge is 2.04. The summed E-state index contributed by atoms with van der Waals surface area (Å²) in [5.41, 5.74) is 6.58. The van der Waals surface area contributed by atoms with E-state index >= 15 is 0 Å². The van der Waals surface area contributed by atoms with Crippen LogP contribution in [0.2, 0.25) is 0 Å². The van der Waals surface area contributed by atoms with Gasteiger partial charge in [0, 0.05) is 0 Å². The van der Waals surface area contributed by atoms with Gasteiger partial charge in [-0.2, -0.15) is 4.98 Å². The molecule has 18 heavy (non-hydrogen) atoms. The summed E-state index contributed by atoms with van der Waals surface area (Å²) in [6.45, 7) is 0.496. The molecule has 94 valence electrons. The van der Waals surface area contributed by atoms with E-state index in [0.29, 0.717) is 6.61 Å². The van der Waals surface area contributed by atoms with E-state index in [-0.39, 0.29) is 17.6 Å². The monoisotopic (exact) mass is 245 g/mol. The molecule has 0 saturated heterocycles. The average Bonchev–Trinajstić information content (AvgIpc) is 2.38. The highest BCUT2D eigenvalue weighted by Crippen LogP contribution is 2.22. The van der Waals surface area contributed by atoms with Crippen molar-refractivity contribution in [2.24, 2.45) is 0 Å². The first kappa shape index (κ1) is 12.2. The summed E-state index contributed by atoms with van der Waals surface area (Å²) in [5, 5.41) is 9.45. The lowest BCUT2D eigenvalue weighted by molar-refractivity contribution is 0.288. The van der Waals surface area contributed by atoms with Crippen LogP contribution in [-0.2, 0) is 6.42 Å². The number of anilines is 1. The van der Waals surface area contributed by atoms with Gasteiger partial charge in [0.05, 0.1) is 12.8 Å². The first-order valence-corrected chi connectivity index (χ1v) is 5.74. The Bertz CT molecular complexity index is 503. The zero-order chi connectivity index (χ0) is 12.8. The lowest BCUT2D eigenvalue weighted by Crippen LogP contribution is -2.02. The van der Waals surface area contributed by atoms with Crippen LogP contribution in [0, 0.1) is 0 Å². The lowest BCUT2D eigenvalue weighted by Gasteiger charge is -2.07. The van der Waals surface area contributed by atoms with E-state index in [1.807, 2.05) is 18.2 Å². The maximum atomic E-state index is 9.45. The van der Waals surface area contributed by atoms with Crippen molar-refractivity contribution >= 4 is 5.95 Å². The van der Waals surface area contributed by atoms with E-state index in [9.17, 15) is 5.11 Å². The predicted octanol–water partition coefficient (Wildman–Crippen LogP) is 1.78. The number of hydrogen-bond donors (Lipinski definition) is 2. The summed E-state index contributed by atoms with van der Waals surface area (Å²) < 4.78 is 5.38. The molecule has 0 atom stereocenters. The second-order valence-electron chi connectivity index (χ2n) is 3.85. The molecular weight excluding hydrogens is 230 g/mol. The van der Waals surface area contributed by atoms with Gasteiger partial charge in [0.2, 0.25) is 5.95 Å². The van der Waals surface area contributed by atoms with Crippen LogP contribution in [0.15, 0.2) is 36.5 Å². The fourth-order valence-corrected chi connectivity index (χ4v) is 1.58. The highest BCUT2D eigenvalue weighted by molar-refractivity contribution is 5.34. The van der Waals surface area contributed by atoms with Crippen LogP contribution in [0.4, 0.5) is 5.95 Å². The summed E-state index contributed by atoms with van der Waals surface area (Å²) in [5.74, 6) is 0.0728. The van der Waals surface area contributed by atoms with Crippen molar-refractivity contribution in [3.05, 3.63) is 42.1 Å².